The number of rotatable bonds is 0. The number of hydrogen-bond acceptors (Lipinski definition) is 2. The third-order valence-corrected chi connectivity index (χ3v) is 4.55. The zero-order valence-electron chi connectivity index (χ0n) is 21.6. The second kappa shape index (κ2) is 16.8. The minimum atomic E-state index is -0.347. The van der Waals surface area contributed by atoms with Gasteiger partial charge in [0.15, 0.2) is 0 Å². The Morgan fingerprint density at radius 1 is 0.457 bits per heavy atom. The zero-order chi connectivity index (χ0) is 25.5. The van der Waals surface area contributed by atoms with E-state index in [0.717, 1.165) is 0 Å². The third-order valence-electron chi connectivity index (χ3n) is 4.55. The summed E-state index contributed by atoms with van der Waals surface area (Å²) in [5, 5.41) is 23.9. The first-order valence-electron chi connectivity index (χ1n) is 11.3. The predicted octanol–water partition coefficient (Wildman–Crippen LogP) is 6.51. The standard InChI is InChI=1S/C14H22O2.3C6H5.Sb/c1-13(2,3)9-7-8-10(14(4,5)6)12(16)11(9)15;3*1-2-4-6-5-3-1;/h7-8,15-16H,1-6H3;3*1-5H;/p-2. The molecule has 0 heterocycles. The molecule has 0 saturated heterocycles. The van der Waals surface area contributed by atoms with Crippen molar-refractivity contribution in [3.63, 3.8) is 0 Å². The Hall–Kier alpha value is -2.70. The summed E-state index contributed by atoms with van der Waals surface area (Å²) < 4.78 is 0. The number of benzene rings is 4. The summed E-state index contributed by atoms with van der Waals surface area (Å²) in [6.45, 7) is 11.7. The Kier molecular flexibility index (Phi) is 15.5. The van der Waals surface area contributed by atoms with Crippen molar-refractivity contribution in [2.24, 2.45) is 0 Å². The van der Waals surface area contributed by atoms with Gasteiger partial charge in [-0.25, -0.2) is 0 Å². The number of hydrogen-bond donors (Lipinski definition) is 0. The van der Waals surface area contributed by atoms with Gasteiger partial charge in [0.1, 0.15) is 0 Å². The molecule has 0 atom stereocenters. The molecule has 0 aromatic heterocycles. The first-order valence-corrected chi connectivity index (χ1v) is 11.3. The fourth-order valence-electron chi connectivity index (χ4n) is 2.77. The molecule has 35 heavy (non-hydrogen) atoms. The summed E-state index contributed by atoms with van der Waals surface area (Å²) in [7, 11) is 0. The van der Waals surface area contributed by atoms with Crippen LogP contribution in [0.1, 0.15) is 52.7 Å². The van der Waals surface area contributed by atoms with Gasteiger partial charge in [-0.3, -0.25) is 0 Å². The summed E-state index contributed by atoms with van der Waals surface area (Å²) in [6, 6.07) is 41.1. The van der Waals surface area contributed by atoms with Gasteiger partial charge in [0, 0.05) is 24.4 Å². The smallest absolute Gasteiger partial charge is 0 e. The minimum Gasteiger partial charge on any atom is -0.873 e. The van der Waals surface area contributed by atoms with Crippen LogP contribution in [0, 0.1) is 18.2 Å². The van der Waals surface area contributed by atoms with Crippen LogP contribution in [0.3, 0.4) is 0 Å². The molecule has 0 aliphatic carbocycles. The van der Waals surface area contributed by atoms with Crippen LogP contribution in [-0.2, 0) is 10.8 Å². The summed E-state index contributed by atoms with van der Waals surface area (Å²) in [5.41, 5.74) is 0.662. The van der Waals surface area contributed by atoms with Crippen LogP contribution in [-0.4, -0.2) is 24.4 Å². The monoisotopic (exact) mass is 572 g/mol. The Labute approximate surface area is 230 Å². The summed E-state index contributed by atoms with van der Waals surface area (Å²) in [6.07, 6.45) is 0. The van der Waals surface area contributed by atoms with Crippen LogP contribution in [0.5, 0.6) is 11.5 Å². The van der Waals surface area contributed by atoms with Crippen molar-refractivity contribution < 1.29 is 10.2 Å². The molecule has 6 radical (unpaired) electrons. The van der Waals surface area contributed by atoms with Gasteiger partial charge in [0.05, 0.1) is 0 Å². The van der Waals surface area contributed by atoms with Crippen molar-refractivity contribution in [3.05, 3.63) is 132 Å². The normalized spacial score (nSPS) is 10.0. The van der Waals surface area contributed by atoms with E-state index in [0.29, 0.717) is 11.1 Å². The molecule has 0 saturated carbocycles. The van der Waals surface area contributed by atoms with Crippen LogP contribution < -0.4 is 10.2 Å². The maximum absolute atomic E-state index is 12.0. The Morgan fingerprint density at radius 2 is 0.686 bits per heavy atom. The summed E-state index contributed by atoms with van der Waals surface area (Å²) >= 11 is 0. The molecule has 0 fully saturated rings. The van der Waals surface area contributed by atoms with E-state index in [2.05, 4.69) is 18.2 Å². The molecule has 0 N–H and O–H groups in total. The van der Waals surface area contributed by atoms with Crippen LogP contribution in [0.2, 0.25) is 0 Å². The van der Waals surface area contributed by atoms with E-state index in [1.54, 1.807) is 12.1 Å². The van der Waals surface area contributed by atoms with Gasteiger partial charge in [-0.15, -0.1) is 11.5 Å². The molecule has 0 unspecified atom stereocenters. The molecule has 182 valence electrons. The first-order chi connectivity index (χ1) is 16.0. The van der Waals surface area contributed by atoms with Crippen molar-refractivity contribution in [2.45, 2.75) is 52.4 Å². The second-order valence-electron chi connectivity index (χ2n) is 9.55. The second-order valence-corrected chi connectivity index (χ2v) is 9.55. The molecule has 4 rings (SSSR count). The molecule has 0 aliphatic rings. The SMILES string of the molecule is CC(C)(C)c1ccc(C(C)(C)C)c([O-])c1[O-].[Sb].[c]1ccccc1.[c]1ccccc1.[c]1ccccc1. The van der Waals surface area contributed by atoms with Gasteiger partial charge in [-0.1, -0.05) is 156 Å². The van der Waals surface area contributed by atoms with E-state index in [-0.39, 0.29) is 46.8 Å². The average molecular weight is 573 g/mol. The molecule has 0 aliphatic heterocycles. The van der Waals surface area contributed by atoms with Crippen LogP contribution in [0.4, 0.5) is 0 Å². The molecule has 3 heteroatoms. The van der Waals surface area contributed by atoms with Gasteiger partial charge in [0.2, 0.25) is 0 Å². The fourth-order valence-corrected chi connectivity index (χ4v) is 2.77. The van der Waals surface area contributed by atoms with Gasteiger partial charge in [0.25, 0.3) is 0 Å². The molecular weight excluding hydrogens is 538 g/mol. The van der Waals surface area contributed by atoms with Gasteiger partial charge >= 0.3 is 0 Å². The molecule has 0 spiro atoms. The third kappa shape index (κ3) is 13.7. The maximum atomic E-state index is 12.0. The maximum Gasteiger partial charge on any atom is 0 e. The van der Waals surface area contributed by atoms with Gasteiger partial charge in [-0.2, -0.15) is 0 Å². The molecule has 0 amide bonds. The van der Waals surface area contributed by atoms with Crippen molar-refractivity contribution in [1.82, 2.24) is 0 Å². The average Bonchev–Trinajstić information content (AvgIpc) is 2.84. The first kappa shape index (κ1) is 32.3. The van der Waals surface area contributed by atoms with E-state index < -0.39 is 0 Å². The minimum absolute atomic E-state index is 0. The molecule has 4 aromatic carbocycles. The zero-order valence-corrected chi connectivity index (χ0v) is 24.1. The topological polar surface area (TPSA) is 46.1 Å². The van der Waals surface area contributed by atoms with Crippen LogP contribution in [0.15, 0.2) is 103 Å². The van der Waals surface area contributed by atoms with E-state index in [1.807, 2.05) is 133 Å². The fraction of sp³-hybridized carbons (Fsp3) is 0.250. The van der Waals surface area contributed by atoms with Gasteiger partial charge in [-0.05, 0) is 29.0 Å². The van der Waals surface area contributed by atoms with E-state index in [4.69, 9.17) is 0 Å². The largest absolute Gasteiger partial charge is 0.873 e. The summed E-state index contributed by atoms with van der Waals surface area (Å²) in [5.74, 6) is -0.695. The van der Waals surface area contributed by atoms with E-state index in [9.17, 15) is 10.2 Å². The molecule has 4 aromatic rings. The molecule has 2 nitrogen and oxygen atoms in total. The van der Waals surface area contributed by atoms with E-state index >= 15 is 0 Å². The quantitative estimate of drug-likeness (QED) is 0.225. The Morgan fingerprint density at radius 3 is 0.800 bits per heavy atom. The van der Waals surface area contributed by atoms with Crippen molar-refractivity contribution >= 4 is 24.4 Å². The summed E-state index contributed by atoms with van der Waals surface area (Å²) in [4.78, 5) is 0. The molecule has 0 bridgehead atoms. The van der Waals surface area contributed by atoms with Crippen LogP contribution >= 0.6 is 0 Å². The molecular formula is C32H35O2Sb-2. The van der Waals surface area contributed by atoms with Crippen molar-refractivity contribution in [2.75, 3.05) is 0 Å². The Balaban J connectivity index is 0.000000497. The van der Waals surface area contributed by atoms with Crippen molar-refractivity contribution in [1.29, 1.82) is 0 Å². The van der Waals surface area contributed by atoms with E-state index in [1.165, 1.54) is 0 Å². The van der Waals surface area contributed by atoms with Gasteiger partial charge < -0.3 is 10.2 Å². The predicted molar refractivity (Wildman–Crippen MR) is 144 cm³/mol. The van der Waals surface area contributed by atoms with Crippen molar-refractivity contribution in [3.8, 4) is 11.5 Å². The Bertz CT molecular complexity index is 826. The van der Waals surface area contributed by atoms with Crippen LogP contribution in [0.25, 0.3) is 0 Å².